The topological polar surface area (TPSA) is 57.7 Å². The first-order valence-electron chi connectivity index (χ1n) is 9.08. The Hall–Kier alpha value is -2.18. The van der Waals surface area contributed by atoms with E-state index in [0.29, 0.717) is 17.7 Å². The summed E-state index contributed by atoms with van der Waals surface area (Å²) in [6.45, 7) is 6.30. The van der Waals surface area contributed by atoms with Crippen LogP contribution in [-0.2, 0) is 16.4 Å². The van der Waals surface area contributed by atoms with Crippen molar-refractivity contribution in [1.82, 2.24) is 4.31 Å². The van der Waals surface area contributed by atoms with E-state index in [0.717, 1.165) is 24.1 Å². The summed E-state index contributed by atoms with van der Waals surface area (Å²) < 4.78 is 26.6. The van der Waals surface area contributed by atoms with E-state index in [1.807, 2.05) is 26.0 Å². The molecule has 0 atom stereocenters. The van der Waals surface area contributed by atoms with Gasteiger partial charge in [-0.25, -0.2) is 12.7 Å². The summed E-state index contributed by atoms with van der Waals surface area (Å²) in [5.41, 5.74) is 5.14. The highest BCUT2D eigenvalue weighted by atomic mass is 32.2. The van der Waals surface area contributed by atoms with E-state index >= 15 is 0 Å². The zero-order valence-corrected chi connectivity index (χ0v) is 17.4. The first kappa shape index (κ1) is 19.6. The van der Waals surface area contributed by atoms with E-state index in [1.165, 1.54) is 35.6 Å². The number of carbonyl (C=O) groups is 1. The number of fused-ring (bicyclic) bond motifs is 1. The van der Waals surface area contributed by atoms with Crippen molar-refractivity contribution in [2.24, 2.45) is 0 Å². The average Bonchev–Trinajstić information content (AvgIpc) is 2.62. The van der Waals surface area contributed by atoms with Gasteiger partial charge in [-0.1, -0.05) is 17.7 Å². The first-order valence-corrected chi connectivity index (χ1v) is 10.5. The number of sulfonamides is 1. The Bertz CT molecular complexity index is 1010. The number of rotatable bonds is 3. The molecule has 1 aliphatic heterocycles. The fraction of sp³-hybridized carbons (Fsp3) is 0.381. The molecule has 5 nitrogen and oxygen atoms in total. The third-order valence-electron chi connectivity index (χ3n) is 5.22. The molecular formula is C21H26N2O3S. The molecule has 6 heteroatoms. The molecular weight excluding hydrogens is 360 g/mol. The predicted octanol–water partition coefficient (Wildman–Crippen LogP) is 3.46. The number of aryl methyl sites for hydroxylation is 3. The second-order valence-corrected chi connectivity index (χ2v) is 9.52. The van der Waals surface area contributed by atoms with Gasteiger partial charge in [0.15, 0.2) is 0 Å². The Kier molecular flexibility index (Phi) is 5.14. The maximum absolute atomic E-state index is 13.3. The third kappa shape index (κ3) is 3.51. The highest BCUT2D eigenvalue weighted by molar-refractivity contribution is 7.89. The van der Waals surface area contributed by atoms with Crippen LogP contribution in [0.5, 0.6) is 0 Å². The van der Waals surface area contributed by atoms with Crippen LogP contribution in [0, 0.1) is 20.8 Å². The lowest BCUT2D eigenvalue weighted by molar-refractivity contribution is 0.0985. The molecule has 0 unspecified atom stereocenters. The molecule has 1 heterocycles. The molecule has 0 saturated carbocycles. The van der Waals surface area contributed by atoms with Gasteiger partial charge in [0.05, 0.1) is 4.90 Å². The molecule has 2 aromatic rings. The molecule has 0 fully saturated rings. The van der Waals surface area contributed by atoms with E-state index in [2.05, 4.69) is 6.07 Å². The van der Waals surface area contributed by atoms with Crippen molar-refractivity contribution in [3.05, 3.63) is 58.1 Å². The Morgan fingerprint density at radius 2 is 1.78 bits per heavy atom. The van der Waals surface area contributed by atoms with Crippen molar-refractivity contribution < 1.29 is 13.2 Å². The molecule has 3 rings (SSSR count). The van der Waals surface area contributed by atoms with Crippen LogP contribution in [0.1, 0.15) is 39.0 Å². The number of anilines is 1. The molecule has 2 aromatic carbocycles. The molecule has 0 bridgehead atoms. The molecule has 0 aliphatic carbocycles. The minimum atomic E-state index is -3.62. The second-order valence-electron chi connectivity index (χ2n) is 7.40. The largest absolute Gasteiger partial charge is 0.308 e. The van der Waals surface area contributed by atoms with E-state index in [1.54, 1.807) is 17.9 Å². The Labute approximate surface area is 161 Å². The third-order valence-corrected chi connectivity index (χ3v) is 7.17. The summed E-state index contributed by atoms with van der Waals surface area (Å²) in [4.78, 5) is 15.2. The van der Waals surface area contributed by atoms with E-state index < -0.39 is 10.0 Å². The smallest absolute Gasteiger partial charge is 0.258 e. The maximum atomic E-state index is 13.3. The highest BCUT2D eigenvalue weighted by Crippen LogP contribution is 2.31. The van der Waals surface area contributed by atoms with Crippen molar-refractivity contribution in [3.8, 4) is 0 Å². The summed E-state index contributed by atoms with van der Waals surface area (Å²) in [7, 11) is -0.617. The van der Waals surface area contributed by atoms with Gasteiger partial charge < -0.3 is 4.90 Å². The quantitative estimate of drug-likeness (QED) is 0.812. The molecule has 0 radical (unpaired) electrons. The number of hydrogen-bond donors (Lipinski definition) is 0. The minimum Gasteiger partial charge on any atom is -0.308 e. The molecule has 144 valence electrons. The monoisotopic (exact) mass is 386 g/mol. The van der Waals surface area contributed by atoms with Crippen LogP contribution in [0.15, 0.2) is 35.2 Å². The number of hydrogen-bond acceptors (Lipinski definition) is 3. The summed E-state index contributed by atoms with van der Waals surface area (Å²) in [5, 5.41) is 0. The normalized spacial score (nSPS) is 14.4. The summed E-state index contributed by atoms with van der Waals surface area (Å²) in [6, 6.07) is 9.42. The van der Waals surface area contributed by atoms with E-state index in [9.17, 15) is 13.2 Å². The number of benzene rings is 2. The molecule has 27 heavy (non-hydrogen) atoms. The SMILES string of the molecule is Cc1ccc2c(c1)CCCN2C(=O)c1cc(C)c(C)c(S(=O)(=O)N(C)C)c1. The van der Waals surface area contributed by atoms with Crippen LogP contribution in [-0.4, -0.2) is 39.3 Å². The first-order chi connectivity index (χ1) is 12.6. The van der Waals surface area contributed by atoms with Gasteiger partial charge in [-0.05, 0) is 68.5 Å². The summed E-state index contributed by atoms with van der Waals surface area (Å²) in [5.74, 6) is -0.155. The van der Waals surface area contributed by atoms with Crippen molar-refractivity contribution in [1.29, 1.82) is 0 Å². The van der Waals surface area contributed by atoms with Crippen LogP contribution in [0.2, 0.25) is 0 Å². The molecule has 0 aromatic heterocycles. The van der Waals surface area contributed by atoms with Gasteiger partial charge in [0.2, 0.25) is 10.0 Å². The van der Waals surface area contributed by atoms with Gasteiger partial charge in [-0.2, -0.15) is 0 Å². The maximum Gasteiger partial charge on any atom is 0.258 e. The van der Waals surface area contributed by atoms with Gasteiger partial charge in [-0.3, -0.25) is 4.79 Å². The van der Waals surface area contributed by atoms with Crippen molar-refractivity contribution in [2.45, 2.75) is 38.5 Å². The Balaban J connectivity index is 2.08. The number of nitrogens with zero attached hydrogens (tertiary/aromatic N) is 2. The fourth-order valence-electron chi connectivity index (χ4n) is 3.51. The highest BCUT2D eigenvalue weighted by Gasteiger charge is 2.27. The molecule has 0 spiro atoms. The number of amides is 1. The minimum absolute atomic E-state index is 0.155. The van der Waals surface area contributed by atoms with Crippen molar-refractivity contribution in [3.63, 3.8) is 0 Å². The van der Waals surface area contributed by atoms with Crippen molar-refractivity contribution >= 4 is 21.6 Å². The summed E-state index contributed by atoms with van der Waals surface area (Å²) >= 11 is 0. The summed E-state index contributed by atoms with van der Waals surface area (Å²) in [6.07, 6.45) is 1.85. The van der Waals surface area contributed by atoms with Crippen molar-refractivity contribution in [2.75, 3.05) is 25.5 Å². The van der Waals surface area contributed by atoms with Gasteiger partial charge in [-0.15, -0.1) is 0 Å². The van der Waals surface area contributed by atoms with Crippen LogP contribution >= 0.6 is 0 Å². The second kappa shape index (κ2) is 7.09. The lowest BCUT2D eigenvalue weighted by Crippen LogP contribution is -2.35. The lowest BCUT2D eigenvalue weighted by Gasteiger charge is -2.30. The zero-order valence-electron chi connectivity index (χ0n) is 16.5. The van der Waals surface area contributed by atoms with Crippen LogP contribution in [0.3, 0.4) is 0 Å². The van der Waals surface area contributed by atoms with Crippen LogP contribution in [0.4, 0.5) is 5.69 Å². The van der Waals surface area contributed by atoms with E-state index in [-0.39, 0.29) is 10.8 Å². The van der Waals surface area contributed by atoms with Gasteiger partial charge in [0, 0.05) is 31.9 Å². The zero-order chi connectivity index (χ0) is 19.9. The van der Waals surface area contributed by atoms with Crippen LogP contribution < -0.4 is 4.90 Å². The lowest BCUT2D eigenvalue weighted by atomic mass is 9.98. The Morgan fingerprint density at radius 3 is 2.44 bits per heavy atom. The number of carbonyl (C=O) groups excluding carboxylic acids is 1. The standard InChI is InChI=1S/C21H26N2O3S/c1-14-8-9-19-17(11-14)7-6-10-23(19)21(24)18-12-15(2)16(3)20(13-18)27(25,26)22(4)5/h8-9,11-13H,6-7,10H2,1-5H3. The van der Waals surface area contributed by atoms with E-state index in [4.69, 9.17) is 0 Å². The molecule has 1 aliphatic rings. The van der Waals surface area contributed by atoms with Gasteiger partial charge in [0.25, 0.3) is 5.91 Å². The Morgan fingerprint density at radius 1 is 1.07 bits per heavy atom. The predicted molar refractivity (Wildman–Crippen MR) is 108 cm³/mol. The molecule has 0 N–H and O–H groups in total. The fourth-order valence-corrected chi connectivity index (χ4v) is 4.73. The molecule has 0 saturated heterocycles. The van der Waals surface area contributed by atoms with Gasteiger partial charge in [0.1, 0.15) is 0 Å². The average molecular weight is 387 g/mol. The van der Waals surface area contributed by atoms with Crippen LogP contribution in [0.25, 0.3) is 0 Å². The molecule has 1 amide bonds. The van der Waals surface area contributed by atoms with Gasteiger partial charge >= 0.3 is 0 Å².